The Morgan fingerprint density at radius 1 is 1.10 bits per heavy atom. The Morgan fingerprint density at radius 3 is 2.62 bits per heavy atom. The molecule has 7 heteroatoms. The molecule has 29 heavy (non-hydrogen) atoms. The fraction of sp³-hybridized carbons (Fsp3) is 0.227. The summed E-state index contributed by atoms with van der Waals surface area (Å²) in [6.07, 6.45) is 0. The minimum Gasteiger partial charge on any atom is -0.378 e. The lowest BCUT2D eigenvalue weighted by atomic mass is 10.1. The van der Waals surface area contributed by atoms with Crippen LogP contribution in [-0.2, 0) is 4.74 Å². The molecule has 2 aromatic carbocycles. The van der Waals surface area contributed by atoms with Gasteiger partial charge in [0.2, 0.25) is 0 Å². The molecule has 0 saturated carbocycles. The molecule has 146 valence electrons. The monoisotopic (exact) mass is 388 g/mol. The van der Waals surface area contributed by atoms with Gasteiger partial charge in [-0.25, -0.2) is 4.98 Å². The second kappa shape index (κ2) is 6.86. The largest absolute Gasteiger partial charge is 0.378 e. The summed E-state index contributed by atoms with van der Waals surface area (Å²) in [7, 11) is 1.76. The molecule has 0 radical (unpaired) electrons. The van der Waals surface area contributed by atoms with Crippen LogP contribution in [0, 0.1) is 0 Å². The van der Waals surface area contributed by atoms with E-state index < -0.39 is 0 Å². The molecule has 2 aliphatic heterocycles. The van der Waals surface area contributed by atoms with E-state index in [1.807, 2.05) is 36.4 Å². The predicted molar refractivity (Wildman–Crippen MR) is 112 cm³/mol. The zero-order valence-electron chi connectivity index (χ0n) is 16.0. The summed E-state index contributed by atoms with van der Waals surface area (Å²) >= 11 is 0. The number of anilines is 3. The minimum atomic E-state index is -0.210. The van der Waals surface area contributed by atoms with Crippen molar-refractivity contribution in [3.63, 3.8) is 0 Å². The third kappa shape index (κ3) is 2.91. The number of benzene rings is 2. The predicted octanol–water partition coefficient (Wildman–Crippen LogP) is 2.91. The molecule has 3 heterocycles. The first-order valence-corrected chi connectivity index (χ1v) is 9.58. The summed E-state index contributed by atoms with van der Waals surface area (Å²) in [4.78, 5) is 34.1. The number of nitrogens with zero attached hydrogens (tertiary/aromatic N) is 3. The summed E-state index contributed by atoms with van der Waals surface area (Å²) in [6, 6.07) is 14.6. The van der Waals surface area contributed by atoms with Crippen molar-refractivity contribution in [3.05, 3.63) is 59.7 Å². The van der Waals surface area contributed by atoms with Gasteiger partial charge < -0.3 is 19.9 Å². The van der Waals surface area contributed by atoms with Crippen molar-refractivity contribution >= 4 is 39.9 Å². The highest BCUT2D eigenvalue weighted by Gasteiger charge is 2.31. The van der Waals surface area contributed by atoms with Gasteiger partial charge in [0, 0.05) is 31.1 Å². The molecule has 0 bridgehead atoms. The number of carbonyl (C=O) groups is 2. The van der Waals surface area contributed by atoms with Gasteiger partial charge in [-0.15, -0.1) is 0 Å². The van der Waals surface area contributed by atoms with E-state index in [1.165, 1.54) is 0 Å². The van der Waals surface area contributed by atoms with E-state index in [0.29, 0.717) is 48.6 Å². The van der Waals surface area contributed by atoms with Gasteiger partial charge in [0.25, 0.3) is 11.8 Å². The summed E-state index contributed by atoms with van der Waals surface area (Å²) < 4.78 is 5.44. The molecular formula is C22H20N4O3. The van der Waals surface area contributed by atoms with Crippen LogP contribution in [0.25, 0.3) is 10.9 Å². The van der Waals surface area contributed by atoms with Crippen molar-refractivity contribution in [1.82, 2.24) is 4.98 Å². The molecule has 1 aromatic heterocycles. The normalized spacial score (nSPS) is 15.8. The molecule has 7 nitrogen and oxygen atoms in total. The molecule has 0 unspecified atom stereocenters. The quantitative estimate of drug-likeness (QED) is 0.747. The highest BCUT2D eigenvalue weighted by Crippen LogP contribution is 2.40. The van der Waals surface area contributed by atoms with Gasteiger partial charge in [0.15, 0.2) is 0 Å². The summed E-state index contributed by atoms with van der Waals surface area (Å²) in [6.45, 7) is 2.68. The van der Waals surface area contributed by atoms with E-state index in [1.54, 1.807) is 24.1 Å². The maximum Gasteiger partial charge on any atom is 0.258 e. The Morgan fingerprint density at radius 2 is 1.86 bits per heavy atom. The standard InChI is InChI=1S/C22H20N4O3/c1-25-17-8-7-16(23-21(27)14-5-3-2-4-6-14)20-19(17)15(22(25)28)13-18(24-20)26-9-11-29-12-10-26/h2-8,13H,9-12H2,1H3,(H,23,27). The second-order valence-corrected chi connectivity index (χ2v) is 7.17. The van der Waals surface area contributed by atoms with Crippen LogP contribution in [0.2, 0.25) is 0 Å². The Bertz CT molecular complexity index is 1120. The topological polar surface area (TPSA) is 74.8 Å². The highest BCUT2D eigenvalue weighted by atomic mass is 16.5. The number of amides is 2. The number of carbonyl (C=O) groups excluding carboxylic acids is 2. The van der Waals surface area contributed by atoms with Crippen molar-refractivity contribution in [2.75, 3.05) is 48.5 Å². The lowest BCUT2D eigenvalue weighted by molar-refractivity contribution is 0.0996. The fourth-order valence-electron chi connectivity index (χ4n) is 3.89. The van der Waals surface area contributed by atoms with Gasteiger partial charge in [0.05, 0.1) is 35.7 Å². The van der Waals surface area contributed by atoms with Gasteiger partial charge in [-0.05, 0) is 30.3 Å². The van der Waals surface area contributed by atoms with Crippen molar-refractivity contribution in [2.45, 2.75) is 0 Å². The maximum atomic E-state index is 12.8. The van der Waals surface area contributed by atoms with E-state index in [0.717, 1.165) is 16.9 Å². The average Bonchev–Trinajstić information content (AvgIpc) is 3.02. The van der Waals surface area contributed by atoms with Crippen molar-refractivity contribution in [3.8, 4) is 0 Å². The van der Waals surface area contributed by atoms with Crippen molar-refractivity contribution < 1.29 is 14.3 Å². The smallest absolute Gasteiger partial charge is 0.258 e. The van der Waals surface area contributed by atoms with Crippen molar-refractivity contribution in [1.29, 1.82) is 0 Å². The van der Waals surface area contributed by atoms with Gasteiger partial charge in [0.1, 0.15) is 5.82 Å². The molecule has 2 amide bonds. The molecule has 0 spiro atoms. The van der Waals surface area contributed by atoms with Crippen LogP contribution in [-0.4, -0.2) is 50.1 Å². The molecule has 0 atom stereocenters. The Balaban J connectivity index is 1.63. The van der Waals surface area contributed by atoms with Gasteiger partial charge in [-0.3, -0.25) is 9.59 Å². The lowest BCUT2D eigenvalue weighted by Gasteiger charge is -2.28. The molecule has 0 aliphatic carbocycles. The third-order valence-corrected chi connectivity index (χ3v) is 5.44. The van der Waals surface area contributed by atoms with Crippen LogP contribution >= 0.6 is 0 Å². The van der Waals surface area contributed by atoms with E-state index in [9.17, 15) is 9.59 Å². The van der Waals surface area contributed by atoms with Gasteiger partial charge >= 0.3 is 0 Å². The van der Waals surface area contributed by atoms with Gasteiger partial charge in [-0.2, -0.15) is 0 Å². The van der Waals surface area contributed by atoms with E-state index in [-0.39, 0.29) is 11.8 Å². The zero-order valence-corrected chi connectivity index (χ0v) is 16.0. The Hall–Kier alpha value is -3.45. The van der Waals surface area contributed by atoms with Crippen molar-refractivity contribution in [2.24, 2.45) is 0 Å². The fourth-order valence-corrected chi connectivity index (χ4v) is 3.89. The van der Waals surface area contributed by atoms with Crippen LogP contribution in [0.15, 0.2) is 48.5 Å². The average molecular weight is 388 g/mol. The number of morpholine rings is 1. The first-order valence-electron chi connectivity index (χ1n) is 9.58. The molecular weight excluding hydrogens is 368 g/mol. The van der Waals surface area contributed by atoms with E-state index >= 15 is 0 Å². The number of hydrogen-bond donors (Lipinski definition) is 1. The van der Waals surface area contributed by atoms with Gasteiger partial charge in [-0.1, -0.05) is 18.2 Å². The number of rotatable bonds is 3. The lowest BCUT2D eigenvalue weighted by Crippen LogP contribution is -2.36. The minimum absolute atomic E-state index is 0.0616. The zero-order chi connectivity index (χ0) is 20.0. The number of aromatic nitrogens is 1. The van der Waals surface area contributed by atoms with Crippen LogP contribution in [0.4, 0.5) is 17.2 Å². The highest BCUT2D eigenvalue weighted by molar-refractivity contribution is 6.26. The first kappa shape index (κ1) is 17.6. The van der Waals surface area contributed by atoms with Crippen LogP contribution in [0.1, 0.15) is 20.7 Å². The summed E-state index contributed by atoms with van der Waals surface area (Å²) in [5, 5.41) is 3.75. The molecule has 1 N–H and O–H groups in total. The molecule has 5 rings (SSSR count). The molecule has 3 aromatic rings. The Kier molecular flexibility index (Phi) is 4.17. The number of pyridine rings is 1. The summed E-state index contributed by atoms with van der Waals surface area (Å²) in [5.41, 5.74) is 3.21. The van der Waals surface area contributed by atoms with E-state index in [4.69, 9.17) is 9.72 Å². The number of hydrogen-bond acceptors (Lipinski definition) is 5. The number of nitrogens with one attached hydrogen (secondary N) is 1. The Labute approximate surface area is 167 Å². The maximum absolute atomic E-state index is 12.8. The molecule has 1 fully saturated rings. The van der Waals surface area contributed by atoms with Crippen LogP contribution < -0.4 is 15.1 Å². The first-order chi connectivity index (χ1) is 14.1. The van der Waals surface area contributed by atoms with Crippen LogP contribution in [0.5, 0.6) is 0 Å². The van der Waals surface area contributed by atoms with Crippen LogP contribution in [0.3, 0.4) is 0 Å². The molecule has 2 aliphatic rings. The molecule has 1 saturated heterocycles. The second-order valence-electron chi connectivity index (χ2n) is 7.17. The SMILES string of the molecule is CN1C(=O)c2cc(N3CCOCC3)nc3c(NC(=O)c4ccccc4)ccc1c23. The third-order valence-electron chi connectivity index (χ3n) is 5.44. The number of ether oxygens (including phenoxy) is 1. The van der Waals surface area contributed by atoms with E-state index in [2.05, 4.69) is 10.2 Å². The summed E-state index contributed by atoms with van der Waals surface area (Å²) in [5.74, 6) is 0.457.